The molecule has 0 aliphatic carbocycles. The van der Waals surface area contributed by atoms with Crippen LogP contribution in [-0.4, -0.2) is 11.6 Å². The first-order chi connectivity index (χ1) is 8.22. The van der Waals surface area contributed by atoms with Gasteiger partial charge in [-0.15, -0.1) is 0 Å². The van der Waals surface area contributed by atoms with Crippen molar-refractivity contribution in [3.8, 4) is 11.8 Å². The fraction of sp³-hybridized carbons (Fsp3) is 0.357. The smallest absolute Gasteiger partial charge is 0.174 e. The van der Waals surface area contributed by atoms with Gasteiger partial charge >= 0.3 is 0 Å². The lowest BCUT2D eigenvalue weighted by Crippen LogP contribution is -1.94. The summed E-state index contributed by atoms with van der Waals surface area (Å²) >= 11 is 0. The van der Waals surface area contributed by atoms with E-state index in [-0.39, 0.29) is 6.61 Å². The number of nitriles is 1. The molecule has 2 aromatic rings. The lowest BCUT2D eigenvalue weighted by atomic mass is 10.0. The molecule has 0 fully saturated rings. The molecule has 0 saturated carbocycles. The van der Waals surface area contributed by atoms with Crippen molar-refractivity contribution >= 4 is 10.9 Å². The Labute approximate surface area is 101 Å². The molecule has 0 bridgehead atoms. The fourth-order valence-corrected chi connectivity index (χ4v) is 2.02. The number of hydrogen-bond acceptors (Lipinski definition) is 2. The highest BCUT2D eigenvalue weighted by atomic mass is 16.5. The summed E-state index contributed by atoms with van der Waals surface area (Å²) in [5, 5.41) is 9.73. The number of benzene rings is 1. The molecule has 0 unspecified atom stereocenters. The zero-order chi connectivity index (χ0) is 12.3. The third-order valence-corrected chi connectivity index (χ3v) is 2.68. The molecule has 0 aliphatic heterocycles. The van der Waals surface area contributed by atoms with Crippen LogP contribution in [-0.2, 0) is 6.42 Å². The first-order valence-electron chi connectivity index (χ1n) is 5.81. The van der Waals surface area contributed by atoms with Gasteiger partial charge in [-0.25, -0.2) is 0 Å². The number of nitrogens with one attached hydrogen (secondary N) is 1. The van der Waals surface area contributed by atoms with Gasteiger partial charge in [-0.05, 0) is 24.0 Å². The van der Waals surface area contributed by atoms with Crippen LogP contribution in [0, 0.1) is 17.2 Å². The number of ether oxygens (including phenoxy) is 1. The fourth-order valence-electron chi connectivity index (χ4n) is 2.02. The van der Waals surface area contributed by atoms with Gasteiger partial charge in [0.05, 0.1) is 5.52 Å². The third-order valence-electron chi connectivity index (χ3n) is 2.68. The number of rotatable bonds is 4. The average molecular weight is 228 g/mol. The van der Waals surface area contributed by atoms with Crippen molar-refractivity contribution in [1.82, 2.24) is 4.98 Å². The zero-order valence-corrected chi connectivity index (χ0v) is 10.2. The normalized spacial score (nSPS) is 10.7. The van der Waals surface area contributed by atoms with Gasteiger partial charge in [0.1, 0.15) is 11.8 Å². The van der Waals surface area contributed by atoms with Gasteiger partial charge < -0.3 is 9.72 Å². The van der Waals surface area contributed by atoms with Crippen molar-refractivity contribution in [3.05, 3.63) is 30.0 Å². The number of hydrogen-bond donors (Lipinski definition) is 1. The standard InChI is InChI=1S/C14H16N2O/c1-10(2)8-11-9-16-14-12(11)4-3-5-13(14)17-7-6-15/h3-5,9-10,16H,7-8H2,1-2H3. The van der Waals surface area contributed by atoms with E-state index in [0.717, 1.165) is 17.7 Å². The molecular formula is C14H16N2O. The molecule has 1 aromatic carbocycles. The molecule has 1 heterocycles. The van der Waals surface area contributed by atoms with E-state index < -0.39 is 0 Å². The Morgan fingerprint density at radius 3 is 2.94 bits per heavy atom. The topological polar surface area (TPSA) is 48.8 Å². The molecule has 3 heteroatoms. The molecule has 17 heavy (non-hydrogen) atoms. The van der Waals surface area contributed by atoms with Crippen LogP contribution in [0.5, 0.6) is 5.75 Å². The number of para-hydroxylation sites is 1. The average Bonchev–Trinajstić information content (AvgIpc) is 2.70. The Morgan fingerprint density at radius 2 is 2.24 bits per heavy atom. The predicted octanol–water partition coefficient (Wildman–Crippen LogP) is 3.27. The maximum atomic E-state index is 8.54. The highest BCUT2D eigenvalue weighted by Gasteiger charge is 2.09. The largest absolute Gasteiger partial charge is 0.477 e. The van der Waals surface area contributed by atoms with E-state index in [1.807, 2.05) is 24.4 Å². The van der Waals surface area contributed by atoms with E-state index in [1.54, 1.807) is 0 Å². The highest BCUT2D eigenvalue weighted by molar-refractivity contribution is 5.88. The summed E-state index contributed by atoms with van der Waals surface area (Å²) in [5.74, 6) is 1.37. The third kappa shape index (κ3) is 2.42. The summed E-state index contributed by atoms with van der Waals surface area (Å²) in [6, 6.07) is 7.92. The highest BCUT2D eigenvalue weighted by Crippen LogP contribution is 2.28. The molecule has 0 saturated heterocycles. The van der Waals surface area contributed by atoms with Crippen molar-refractivity contribution in [2.75, 3.05) is 6.61 Å². The molecule has 0 amide bonds. The van der Waals surface area contributed by atoms with Gasteiger partial charge in [-0.1, -0.05) is 26.0 Å². The summed E-state index contributed by atoms with van der Waals surface area (Å²) < 4.78 is 5.39. The molecule has 0 spiro atoms. The second-order valence-electron chi connectivity index (χ2n) is 4.54. The zero-order valence-electron chi connectivity index (χ0n) is 10.2. The summed E-state index contributed by atoms with van der Waals surface area (Å²) in [4.78, 5) is 3.24. The van der Waals surface area contributed by atoms with Crippen LogP contribution in [0.2, 0.25) is 0 Å². The van der Waals surface area contributed by atoms with Crippen LogP contribution in [0.4, 0.5) is 0 Å². The van der Waals surface area contributed by atoms with Gasteiger partial charge in [0.2, 0.25) is 0 Å². The van der Waals surface area contributed by atoms with Crippen molar-refractivity contribution < 1.29 is 4.74 Å². The van der Waals surface area contributed by atoms with Gasteiger partial charge in [0.15, 0.2) is 6.61 Å². The monoisotopic (exact) mass is 228 g/mol. The molecule has 0 atom stereocenters. The van der Waals surface area contributed by atoms with Crippen molar-refractivity contribution in [1.29, 1.82) is 5.26 Å². The van der Waals surface area contributed by atoms with E-state index in [4.69, 9.17) is 10.00 Å². The number of aromatic amines is 1. The number of nitrogens with zero attached hydrogens (tertiary/aromatic N) is 1. The van der Waals surface area contributed by atoms with E-state index in [1.165, 1.54) is 10.9 Å². The van der Waals surface area contributed by atoms with E-state index in [2.05, 4.69) is 24.9 Å². The van der Waals surface area contributed by atoms with Crippen molar-refractivity contribution in [2.24, 2.45) is 5.92 Å². The van der Waals surface area contributed by atoms with E-state index in [0.29, 0.717) is 5.92 Å². The van der Waals surface area contributed by atoms with Crippen molar-refractivity contribution in [3.63, 3.8) is 0 Å². The van der Waals surface area contributed by atoms with Crippen LogP contribution in [0.1, 0.15) is 19.4 Å². The molecule has 0 radical (unpaired) electrons. The first-order valence-corrected chi connectivity index (χ1v) is 5.81. The summed E-state index contributed by atoms with van der Waals surface area (Å²) in [6.45, 7) is 4.49. The Hall–Kier alpha value is -1.95. The molecule has 3 nitrogen and oxygen atoms in total. The predicted molar refractivity (Wildman–Crippen MR) is 67.9 cm³/mol. The molecule has 1 N–H and O–H groups in total. The van der Waals surface area contributed by atoms with Gasteiger partial charge in [-0.3, -0.25) is 0 Å². The molecule has 0 aliphatic rings. The van der Waals surface area contributed by atoms with Crippen LogP contribution in [0.25, 0.3) is 10.9 Å². The Kier molecular flexibility index (Phi) is 3.34. The minimum Gasteiger partial charge on any atom is -0.477 e. The van der Waals surface area contributed by atoms with Gasteiger partial charge in [0, 0.05) is 11.6 Å². The quantitative estimate of drug-likeness (QED) is 0.873. The maximum absolute atomic E-state index is 8.54. The minimum atomic E-state index is 0.0810. The lowest BCUT2D eigenvalue weighted by molar-refractivity contribution is 0.372. The number of H-pyrrole nitrogens is 1. The van der Waals surface area contributed by atoms with Gasteiger partial charge in [0.25, 0.3) is 0 Å². The Balaban J connectivity index is 2.39. The second kappa shape index (κ2) is 4.92. The number of aromatic nitrogens is 1. The molecule has 1 aromatic heterocycles. The summed E-state index contributed by atoms with van der Waals surface area (Å²) in [5.41, 5.74) is 2.29. The minimum absolute atomic E-state index is 0.0810. The Morgan fingerprint density at radius 1 is 1.41 bits per heavy atom. The van der Waals surface area contributed by atoms with E-state index in [9.17, 15) is 0 Å². The van der Waals surface area contributed by atoms with Crippen LogP contribution < -0.4 is 4.74 Å². The SMILES string of the molecule is CC(C)Cc1c[nH]c2c(OCC#N)cccc12. The lowest BCUT2D eigenvalue weighted by Gasteiger charge is -2.05. The van der Waals surface area contributed by atoms with E-state index >= 15 is 0 Å². The Bertz CT molecular complexity index is 549. The molecular weight excluding hydrogens is 212 g/mol. The second-order valence-corrected chi connectivity index (χ2v) is 4.54. The number of fused-ring (bicyclic) bond motifs is 1. The summed E-state index contributed by atoms with van der Waals surface area (Å²) in [7, 11) is 0. The molecule has 88 valence electrons. The van der Waals surface area contributed by atoms with Gasteiger partial charge in [-0.2, -0.15) is 5.26 Å². The first kappa shape index (κ1) is 11.5. The summed E-state index contributed by atoms with van der Waals surface area (Å²) in [6.07, 6.45) is 3.08. The van der Waals surface area contributed by atoms with Crippen molar-refractivity contribution in [2.45, 2.75) is 20.3 Å². The molecule has 2 rings (SSSR count). The van der Waals surface area contributed by atoms with Crippen LogP contribution >= 0.6 is 0 Å². The maximum Gasteiger partial charge on any atom is 0.174 e. The van der Waals surface area contributed by atoms with Crippen LogP contribution in [0.3, 0.4) is 0 Å². The van der Waals surface area contributed by atoms with Crippen LogP contribution in [0.15, 0.2) is 24.4 Å².